The smallest absolute Gasteiger partial charge is 0.330 e. The number of hydrogen-bond donors (Lipinski definition) is 3. The highest BCUT2D eigenvalue weighted by molar-refractivity contribution is 7.99. The van der Waals surface area contributed by atoms with Gasteiger partial charge < -0.3 is 16.0 Å². The molecule has 1 unspecified atom stereocenters. The summed E-state index contributed by atoms with van der Waals surface area (Å²) in [6.07, 6.45) is 1.99. The van der Waals surface area contributed by atoms with Gasteiger partial charge in [-0.2, -0.15) is 11.8 Å². The van der Waals surface area contributed by atoms with Gasteiger partial charge in [-0.3, -0.25) is 28.8 Å². The van der Waals surface area contributed by atoms with Crippen LogP contribution in [0.4, 0.5) is 16.3 Å². The van der Waals surface area contributed by atoms with Gasteiger partial charge in [0, 0.05) is 18.8 Å². The second-order valence-electron chi connectivity index (χ2n) is 7.34. The third-order valence-electron chi connectivity index (χ3n) is 5.40. The van der Waals surface area contributed by atoms with Crippen LogP contribution < -0.4 is 27.2 Å². The molecule has 0 aromatic carbocycles. The third-order valence-corrected chi connectivity index (χ3v) is 6.59. The minimum Gasteiger partial charge on any atom is -0.383 e. The molecule has 11 nitrogen and oxygen atoms in total. The fourth-order valence-electron chi connectivity index (χ4n) is 3.71. The fourth-order valence-corrected chi connectivity index (χ4v) is 5.03. The summed E-state index contributed by atoms with van der Waals surface area (Å²) in [4.78, 5) is 66.9. The Kier molecular flexibility index (Phi) is 6.25. The molecule has 1 aromatic rings. The van der Waals surface area contributed by atoms with E-state index in [1.54, 1.807) is 18.7 Å². The number of aromatic nitrogens is 2. The van der Waals surface area contributed by atoms with Crippen LogP contribution in [0.5, 0.6) is 0 Å². The molecule has 3 heterocycles. The van der Waals surface area contributed by atoms with Crippen LogP contribution in [0.2, 0.25) is 0 Å². The number of nitrogens with zero attached hydrogens (tertiary/aromatic N) is 3. The standard InChI is InChI=1S/C18H26N6O5S/c1-3-5-7-23-13(19)12(14(26)20-16(23)28)22(4-2)11(25)9-24-15(27)18(21-17(24)29)6-8-30-10-18/h3-10,19H2,1-2H3,(H,21,29)(H,20,26,28). The SMILES string of the molecule is CCCCn1c(N)c(N(CC)C(=O)CN2C(=O)NC3(CCSC3)C2=O)c(=O)[nH]c1=O. The van der Waals surface area contributed by atoms with Crippen molar-refractivity contribution in [2.24, 2.45) is 0 Å². The van der Waals surface area contributed by atoms with Crippen molar-refractivity contribution >= 4 is 41.1 Å². The summed E-state index contributed by atoms with van der Waals surface area (Å²) in [5.41, 5.74) is 3.54. The Morgan fingerprint density at radius 3 is 2.60 bits per heavy atom. The maximum atomic E-state index is 13.0. The first kappa shape index (κ1) is 21.9. The van der Waals surface area contributed by atoms with Gasteiger partial charge in [0.1, 0.15) is 17.9 Å². The predicted molar refractivity (Wildman–Crippen MR) is 114 cm³/mol. The minimum absolute atomic E-state index is 0.0722. The summed E-state index contributed by atoms with van der Waals surface area (Å²) in [5.74, 6) is 0.0288. The Labute approximate surface area is 177 Å². The van der Waals surface area contributed by atoms with Crippen molar-refractivity contribution in [1.29, 1.82) is 0 Å². The number of imide groups is 1. The Hall–Kier alpha value is -2.76. The number of urea groups is 1. The molecule has 1 aromatic heterocycles. The summed E-state index contributed by atoms with van der Waals surface area (Å²) in [5, 5.41) is 2.70. The summed E-state index contributed by atoms with van der Waals surface area (Å²) in [6.45, 7) is 3.44. The number of anilines is 2. The summed E-state index contributed by atoms with van der Waals surface area (Å²) in [7, 11) is 0. The lowest BCUT2D eigenvalue weighted by Gasteiger charge is -2.25. The van der Waals surface area contributed by atoms with Crippen LogP contribution >= 0.6 is 11.8 Å². The molecule has 0 bridgehead atoms. The molecule has 2 aliphatic rings. The maximum absolute atomic E-state index is 13.0. The first-order valence-corrected chi connectivity index (χ1v) is 11.1. The molecule has 3 rings (SSSR count). The molecule has 0 radical (unpaired) electrons. The zero-order valence-electron chi connectivity index (χ0n) is 17.0. The number of likely N-dealkylation sites (N-methyl/N-ethyl adjacent to an activating group) is 1. The van der Waals surface area contributed by atoms with Gasteiger partial charge in [-0.1, -0.05) is 13.3 Å². The number of rotatable bonds is 7. The highest BCUT2D eigenvalue weighted by Gasteiger charge is 2.53. The number of H-pyrrole nitrogens is 1. The van der Waals surface area contributed by atoms with E-state index in [-0.39, 0.29) is 18.1 Å². The molecule has 0 aliphatic carbocycles. The van der Waals surface area contributed by atoms with E-state index in [1.807, 2.05) is 6.92 Å². The highest BCUT2D eigenvalue weighted by Crippen LogP contribution is 2.33. The lowest BCUT2D eigenvalue weighted by Crippen LogP contribution is -2.49. The summed E-state index contributed by atoms with van der Waals surface area (Å²) >= 11 is 1.57. The van der Waals surface area contributed by atoms with Crippen molar-refractivity contribution in [2.75, 3.05) is 35.2 Å². The second kappa shape index (κ2) is 8.54. The first-order chi connectivity index (χ1) is 14.3. The minimum atomic E-state index is -0.955. The molecule has 1 spiro atoms. The molecule has 4 N–H and O–H groups in total. The van der Waals surface area contributed by atoms with Crippen molar-refractivity contribution in [3.05, 3.63) is 20.8 Å². The summed E-state index contributed by atoms with van der Waals surface area (Å²) < 4.78 is 1.22. The number of nitrogen functional groups attached to an aromatic ring is 1. The molecule has 30 heavy (non-hydrogen) atoms. The van der Waals surface area contributed by atoms with E-state index in [4.69, 9.17) is 5.73 Å². The molecular formula is C18H26N6O5S. The number of aromatic amines is 1. The van der Waals surface area contributed by atoms with E-state index in [0.29, 0.717) is 25.1 Å². The van der Waals surface area contributed by atoms with Gasteiger partial charge in [0.15, 0.2) is 5.69 Å². The van der Waals surface area contributed by atoms with E-state index in [9.17, 15) is 24.0 Å². The molecular weight excluding hydrogens is 412 g/mol. The van der Waals surface area contributed by atoms with Crippen molar-refractivity contribution in [2.45, 2.75) is 45.2 Å². The Morgan fingerprint density at radius 1 is 1.27 bits per heavy atom. The lowest BCUT2D eigenvalue weighted by molar-refractivity contribution is -0.133. The van der Waals surface area contributed by atoms with Crippen LogP contribution in [0.25, 0.3) is 0 Å². The topological polar surface area (TPSA) is 151 Å². The largest absolute Gasteiger partial charge is 0.383 e. The predicted octanol–water partition coefficient (Wildman–Crippen LogP) is -0.301. The molecule has 2 saturated heterocycles. The van der Waals surface area contributed by atoms with Crippen LogP contribution in [-0.4, -0.2) is 62.4 Å². The quantitative estimate of drug-likeness (QED) is 0.494. The number of nitrogens with two attached hydrogens (primary N) is 1. The number of thioether (sulfide) groups is 1. The van der Waals surface area contributed by atoms with E-state index in [2.05, 4.69) is 10.3 Å². The van der Waals surface area contributed by atoms with E-state index >= 15 is 0 Å². The van der Waals surface area contributed by atoms with Gasteiger partial charge >= 0.3 is 11.7 Å². The maximum Gasteiger partial charge on any atom is 0.330 e. The molecule has 1 atom stereocenters. The monoisotopic (exact) mass is 438 g/mol. The van der Waals surface area contributed by atoms with Gasteiger partial charge in [-0.15, -0.1) is 0 Å². The molecule has 12 heteroatoms. The fraction of sp³-hybridized carbons (Fsp3) is 0.611. The molecule has 2 fully saturated rings. The van der Waals surface area contributed by atoms with Crippen LogP contribution in [0.15, 0.2) is 9.59 Å². The lowest BCUT2D eigenvalue weighted by atomic mass is 9.99. The van der Waals surface area contributed by atoms with Crippen molar-refractivity contribution in [3.8, 4) is 0 Å². The van der Waals surface area contributed by atoms with Crippen LogP contribution in [-0.2, 0) is 16.1 Å². The highest BCUT2D eigenvalue weighted by atomic mass is 32.2. The van der Waals surface area contributed by atoms with Crippen LogP contribution in [0.1, 0.15) is 33.1 Å². The number of amides is 4. The Balaban J connectivity index is 1.88. The van der Waals surface area contributed by atoms with Gasteiger partial charge in [0.25, 0.3) is 11.5 Å². The third kappa shape index (κ3) is 3.71. The van der Waals surface area contributed by atoms with Crippen molar-refractivity contribution in [3.63, 3.8) is 0 Å². The summed E-state index contributed by atoms with van der Waals surface area (Å²) in [6, 6.07) is -0.623. The average molecular weight is 439 g/mol. The number of carbonyl (C=O) groups excluding carboxylic acids is 3. The zero-order chi connectivity index (χ0) is 22.1. The number of unbranched alkanes of at least 4 members (excludes halogenated alkanes) is 1. The second-order valence-corrected chi connectivity index (χ2v) is 8.45. The van der Waals surface area contributed by atoms with Crippen molar-refractivity contribution < 1.29 is 14.4 Å². The number of hydrogen-bond acceptors (Lipinski definition) is 7. The molecule has 4 amide bonds. The van der Waals surface area contributed by atoms with E-state index in [1.165, 1.54) is 4.57 Å². The van der Waals surface area contributed by atoms with Crippen LogP contribution in [0, 0.1) is 0 Å². The number of carbonyl (C=O) groups is 3. The Morgan fingerprint density at radius 2 is 2.00 bits per heavy atom. The van der Waals surface area contributed by atoms with E-state index < -0.39 is 41.2 Å². The van der Waals surface area contributed by atoms with Gasteiger partial charge in [0.05, 0.1) is 0 Å². The van der Waals surface area contributed by atoms with Crippen molar-refractivity contribution in [1.82, 2.24) is 19.8 Å². The van der Waals surface area contributed by atoms with Gasteiger partial charge in [-0.25, -0.2) is 9.59 Å². The van der Waals surface area contributed by atoms with Crippen LogP contribution in [0.3, 0.4) is 0 Å². The normalized spacial score (nSPS) is 20.8. The first-order valence-electron chi connectivity index (χ1n) is 9.90. The Bertz CT molecular complexity index is 980. The van der Waals surface area contributed by atoms with Gasteiger partial charge in [0.2, 0.25) is 5.91 Å². The van der Waals surface area contributed by atoms with Gasteiger partial charge in [-0.05, 0) is 25.5 Å². The average Bonchev–Trinajstić information content (AvgIpc) is 3.25. The van der Waals surface area contributed by atoms with E-state index in [0.717, 1.165) is 22.0 Å². The number of nitrogens with one attached hydrogen (secondary N) is 2. The molecule has 2 aliphatic heterocycles. The molecule has 164 valence electrons. The molecule has 0 saturated carbocycles. The zero-order valence-corrected chi connectivity index (χ0v) is 17.8.